The number of phenols is 1. The van der Waals surface area contributed by atoms with Crippen LogP contribution in [0.15, 0.2) is 285 Å². The predicted molar refractivity (Wildman–Crippen MR) is 450 cm³/mol. The van der Waals surface area contributed by atoms with E-state index in [1.54, 1.807) is 53.7 Å². The molecule has 8 aliphatic heterocycles. The number of phenolic OH excluding ortho intramolecular Hbond substituents is 1. The van der Waals surface area contributed by atoms with E-state index < -0.39 is 11.6 Å². The maximum atomic E-state index is 14.1. The van der Waals surface area contributed by atoms with Crippen LogP contribution >= 0.6 is 0 Å². The third kappa shape index (κ3) is 15.8. The van der Waals surface area contributed by atoms with E-state index in [0.717, 1.165) is 82.9 Å². The number of piperazine rings is 4. The summed E-state index contributed by atoms with van der Waals surface area (Å²) < 4.78 is 65.3. The van der Waals surface area contributed by atoms with Crippen LogP contribution in [0.2, 0.25) is 0 Å². The first-order chi connectivity index (χ1) is 57.8. The van der Waals surface area contributed by atoms with Gasteiger partial charge >= 0.3 is 24.1 Å². The lowest BCUT2D eigenvalue weighted by molar-refractivity contribution is 0.202. The molecule has 596 valence electrons. The summed E-state index contributed by atoms with van der Waals surface area (Å²) >= 11 is 0. The van der Waals surface area contributed by atoms with Crippen LogP contribution in [-0.2, 0) is 6.61 Å². The van der Waals surface area contributed by atoms with Gasteiger partial charge in [0.05, 0.1) is 52.1 Å². The molecule has 0 spiro atoms. The number of hydrogen-bond acceptors (Lipinski definition) is 14. The molecule has 0 atom stereocenters. The van der Waals surface area contributed by atoms with E-state index in [1.165, 1.54) is 30.3 Å². The number of hydrogen-bond donors (Lipinski definition) is 2. The Morgan fingerprint density at radius 1 is 0.263 bits per heavy atom. The lowest BCUT2D eigenvalue weighted by Crippen LogP contribution is -2.52. The molecule has 118 heavy (non-hydrogen) atoms. The van der Waals surface area contributed by atoms with Gasteiger partial charge in [0, 0.05) is 122 Å². The monoisotopic (exact) mass is 1580 g/mol. The number of anilines is 12. The molecule has 22 nitrogen and oxygen atoms in total. The Kier molecular flexibility index (Phi) is 22.0. The highest BCUT2D eigenvalue weighted by Gasteiger charge is 2.39. The van der Waals surface area contributed by atoms with Crippen molar-refractivity contribution < 1.29 is 61.5 Å². The molecule has 8 amide bonds. The van der Waals surface area contributed by atoms with Crippen molar-refractivity contribution in [3.63, 3.8) is 0 Å². The van der Waals surface area contributed by atoms with Gasteiger partial charge in [-0.15, -0.1) is 0 Å². The number of para-hydroxylation sites is 17. The van der Waals surface area contributed by atoms with Gasteiger partial charge in [0.15, 0.2) is 46.0 Å². The molecule has 0 saturated carbocycles. The van der Waals surface area contributed by atoms with Gasteiger partial charge in [0.25, 0.3) is 0 Å². The van der Waals surface area contributed by atoms with Crippen molar-refractivity contribution in [3.8, 4) is 51.7 Å². The number of fused-ring (bicyclic) bond motifs is 8. The highest BCUT2D eigenvalue weighted by atomic mass is 19.1. The molecule has 0 bridgehead atoms. The molecular weight excluding hydrogens is 1500 g/mol. The van der Waals surface area contributed by atoms with Gasteiger partial charge in [0.1, 0.15) is 28.9 Å². The van der Waals surface area contributed by atoms with Crippen molar-refractivity contribution in [1.82, 2.24) is 19.6 Å². The van der Waals surface area contributed by atoms with Crippen molar-refractivity contribution in [2.24, 2.45) is 0 Å². The van der Waals surface area contributed by atoms with Gasteiger partial charge < -0.3 is 68.4 Å². The number of nitrogens with zero attached hydrogens (tertiary/aromatic N) is 12. The van der Waals surface area contributed by atoms with Crippen LogP contribution in [-0.4, -0.2) is 159 Å². The van der Waals surface area contributed by atoms with E-state index >= 15 is 0 Å². The first-order valence-corrected chi connectivity index (χ1v) is 39.3. The van der Waals surface area contributed by atoms with Crippen molar-refractivity contribution in [1.29, 1.82) is 0 Å². The first kappa shape index (κ1) is 76.3. The quantitative estimate of drug-likeness (QED) is 0.166. The molecule has 0 aromatic heterocycles. The van der Waals surface area contributed by atoms with Crippen LogP contribution in [0, 0.1) is 17.5 Å². The lowest BCUT2D eigenvalue weighted by atomic mass is 10.1. The van der Waals surface area contributed by atoms with Gasteiger partial charge in [-0.25, -0.2) is 32.3 Å². The molecule has 12 aromatic rings. The summed E-state index contributed by atoms with van der Waals surface area (Å²) in [5, 5.41) is 18.7. The summed E-state index contributed by atoms with van der Waals surface area (Å²) in [5.74, 6) is 4.13. The highest BCUT2D eigenvalue weighted by molar-refractivity contribution is 6.07. The summed E-state index contributed by atoms with van der Waals surface area (Å²) in [6.07, 6.45) is 0. The second kappa shape index (κ2) is 34.0. The third-order valence-electron chi connectivity index (χ3n) is 21.8. The second-order valence-corrected chi connectivity index (χ2v) is 28.9. The number of ether oxygens (including phenoxy) is 4. The number of rotatable bonds is 5. The second-order valence-electron chi connectivity index (χ2n) is 28.9. The third-order valence-corrected chi connectivity index (χ3v) is 21.8. The number of carbonyl (C=O) groups excluding carboxylic acids is 4. The van der Waals surface area contributed by atoms with Crippen LogP contribution in [0.3, 0.4) is 0 Å². The molecule has 0 unspecified atom stereocenters. The molecule has 4 saturated heterocycles. The Morgan fingerprint density at radius 2 is 0.483 bits per heavy atom. The Morgan fingerprint density at radius 3 is 0.729 bits per heavy atom. The Hall–Kier alpha value is -14.3. The minimum absolute atomic E-state index is 0.0338. The van der Waals surface area contributed by atoms with Crippen molar-refractivity contribution in [2.75, 3.05) is 144 Å². The molecule has 2 N–H and O–H groups in total. The summed E-state index contributed by atoms with van der Waals surface area (Å²) in [4.78, 5) is 76.6. The van der Waals surface area contributed by atoms with Gasteiger partial charge in [-0.3, -0.25) is 19.6 Å². The minimum atomic E-state index is -0.592. The number of carbonyl (C=O) groups is 4. The number of aliphatic hydroxyl groups is 1. The molecule has 8 heterocycles. The topological polar surface area (TPSA) is 185 Å². The minimum Gasteiger partial charge on any atom is -0.508 e. The number of aromatic hydroxyl groups is 1. The Balaban J connectivity index is 0.000000113. The van der Waals surface area contributed by atoms with Gasteiger partial charge in [-0.05, 0) is 175 Å². The SMILES string of the molecule is O=C(N1CCN(c2c(F)cccc2F)CC1)N1c2ccccc2Oc2ccccc21.O=C(N1CCN(c2ccc(CO)cc2)CC1)N1c2ccccc2Oc2ccccc21.O=C(N1CCN(c2ccc(F)cc2)CC1)N1c2ccccc2Oc2ccccc21.O=C(N1CCN(c2ccc(O)cc2)CC1)N1c2ccccc2Oc2ccccc21. The van der Waals surface area contributed by atoms with Crippen LogP contribution < -0.4 is 58.1 Å². The number of urea groups is 4. The van der Waals surface area contributed by atoms with E-state index in [-0.39, 0.29) is 48.0 Å². The molecule has 0 aliphatic carbocycles. The summed E-state index contributed by atoms with van der Waals surface area (Å²) in [5.41, 5.74) is 9.89. The van der Waals surface area contributed by atoms with E-state index in [1.807, 2.05) is 245 Å². The molecule has 25 heteroatoms. The van der Waals surface area contributed by atoms with Crippen LogP contribution in [0.4, 0.5) is 101 Å². The average Bonchev–Trinajstić information content (AvgIpc) is 0.777. The van der Waals surface area contributed by atoms with Crippen molar-refractivity contribution in [2.45, 2.75) is 6.61 Å². The lowest BCUT2D eigenvalue weighted by Gasteiger charge is -2.40. The van der Waals surface area contributed by atoms with Gasteiger partial charge in [-0.2, -0.15) is 0 Å². The largest absolute Gasteiger partial charge is 0.508 e. The highest BCUT2D eigenvalue weighted by Crippen LogP contribution is 2.51. The molecule has 20 rings (SSSR count). The molecule has 12 aromatic carbocycles. The average molecular weight is 1590 g/mol. The normalized spacial score (nSPS) is 15.4. The Labute approximate surface area is 680 Å². The first-order valence-electron chi connectivity index (χ1n) is 39.3. The fraction of sp³-hybridized carbons (Fsp3) is 0.183. The molecule has 0 radical (unpaired) electrons. The number of amides is 8. The van der Waals surface area contributed by atoms with E-state index in [4.69, 9.17) is 18.9 Å². The summed E-state index contributed by atoms with van der Waals surface area (Å²) in [6.45, 7) is 9.57. The fourth-order valence-corrected chi connectivity index (χ4v) is 15.7. The smallest absolute Gasteiger partial charge is 0.329 e. The van der Waals surface area contributed by atoms with Gasteiger partial charge in [0.2, 0.25) is 0 Å². The number of halogens is 3. The molecular formula is C93H83F3N12O10. The molecule has 8 aliphatic rings. The zero-order valence-corrected chi connectivity index (χ0v) is 64.3. The van der Waals surface area contributed by atoms with Crippen LogP contribution in [0.25, 0.3) is 0 Å². The standard InChI is InChI=1S/C24H23N3O3.C23H19F2N3O2.C23H20FN3O2.C23H21N3O3/c28-17-18-9-11-19(12-10-18)25-13-15-26(16-14-25)24(29)27-20-5-1-3-7-22(20)30-23-8-4-2-6-21(23)27;24-16-6-5-7-17(25)22(16)26-12-14-27(15-13-26)23(29)28-18-8-1-3-10-20(18)30-21-11-4-2-9-19(21)28;24-17-9-11-18(12-10-17)25-13-15-26(16-14-25)23(28)27-19-5-1-3-7-21(19)29-22-8-4-2-6-20(22)27;27-18-11-9-17(10-12-18)24-13-15-25(16-14-24)23(28)26-19-5-1-3-7-21(19)29-22-8-4-2-6-20(22)26/h1-12,28H,13-17H2;1-11H,12-15H2;1-12H,13-16H2;1-12,27H,13-16H2. The maximum absolute atomic E-state index is 14.1. The Bertz CT molecular complexity index is 5270. The van der Waals surface area contributed by atoms with E-state index in [2.05, 4.69) is 14.7 Å². The number of aliphatic hydroxyl groups excluding tert-OH is 1. The zero-order valence-electron chi connectivity index (χ0n) is 64.3. The van der Waals surface area contributed by atoms with Crippen molar-refractivity contribution >= 4 is 92.4 Å². The van der Waals surface area contributed by atoms with E-state index in [9.17, 15) is 42.6 Å². The number of benzene rings is 12. The van der Waals surface area contributed by atoms with Crippen LogP contribution in [0.1, 0.15) is 5.56 Å². The predicted octanol–water partition coefficient (Wildman–Crippen LogP) is 19.1. The summed E-state index contributed by atoms with van der Waals surface area (Å²) in [6, 6.07) is 85.6. The summed E-state index contributed by atoms with van der Waals surface area (Å²) in [7, 11) is 0. The van der Waals surface area contributed by atoms with E-state index in [0.29, 0.717) is 136 Å². The van der Waals surface area contributed by atoms with Crippen LogP contribution in [0.5, 0.6) is 51.7 Å². The van der Waals surface area contributed by atoms with Gasteiger partial charge in [-0.1, -0.05) is 115 Å². The van der Waals surface area contributed by atoms with Crippen molar-refractivity contribution in [3.05, 3.63) is 308 Å². The fourth-order valence-electron chi connectivity index (χ4n) is 15.7. The molecule has 4 fully saturated rings. The maximum Gasteiger partial charge on any atom is 0.329 e. The zero-order chi connectivity index (χ0) is 80.8.